The van der Waals surface area contributed by atoms with Crippen molar-refractivity contribution in [3.63, 3.8) is 0 Å². The van der Waals surface area contributed by atoms with Crippen molar-refractivity contribution in [2.75, 3.05) is 0 Å². The molecule has 0 aliphatic heterocycles. The van der Waals surface area contributed by atoms with Gasteiger partial charge in [0.1, 0.15) is 0 Å². The van der Waals surface area contributed by atoms with Gasteiger partial charge in [-0.2, -0.15) is 5.10 Å². The summed E-state index contributed by atoms with van der Waals surface area (Å²) in [5.74, 6) is 0. The van der Waals surface area contributed by atoms with Gasteiger partial charge in [-0.3, -0.25) is 5.10 Å². The van der Waals surface area contributed by atoms with Crippen molar-refractivity contribution in [3.8, 4) is 0 Å². The average Bonchev–Trinajstić information content (AvgIpc) is 2.32. The smallest absolute Gasteiger partial charge is 0.0638 e. The van der Waals surface area contributed by atoms with Gasteiger partial charge >= 0.3 is 0 Å². The average molecular weight is 179 g/mol. The monoisotopic (exact) mass is 179 g/mol. The van der Waals surface area contributed by atoms with Crippen LogP contribution in [0.4, 0.5) is 0 Å². The summed E-state index contributed by atoms with van der Waals surface area (Å²) in [5.41, 5.74) is 3.67. The Balaban J connectivity index is 1.92. The lowest BCUT2D eigenvalue weighted by atomic mass is 9.93. The molecule has 1 aromatic rings. The van der Waals surface area contributed by atoms with Crippen LogP contribution in [-0.2, 0) is 6.54 Å². The quantitative estimate of drug-likeness (QED) is 0.741. The van der Waals surface area contributed by atoms with E-state index < -0.39 is 0 Å². The van der Waals surface area contributed by atoms with Crippen LogP contribution >= 0.6 is 0 Å². The van der Waals surface area contributed by atoms with E-state index in [-0.39, 0.29) is 0 Å². The molecule has 0 amide bonds. The molecule has 1 fully saturated rings. The number of aromatic amines is 1. The third-order valence-electron chi connectivity index (χ3n) is 2.95. The molecule has 1 saturated carbocycles. The van der Waals surface area contributed by atoms with Gasteiger partial charge < -0.3 is 5.32 Å². The molecule has 2 rings (SSSR count). The first-order chi connectivity index (χ1) is 6.27. The van der Waals surface area contributed by atoms with Gasteiger partial charge in [0.05, 0.1) is 5.69 Å². The molecule has 1 aliphatic carbocycles. The highest BCUT2D eigenvalue weighted by molar-refractivity contribution is 5.22. The van der Waals surface area contributed by atoms with E-state index in [2.05, 4.69) is 29.4 Å². The van der Waals surface area contributed by atoms with E-state index in [1.807, 2.05) is 0 Å². The second-order valence-electron chi connectivity index (χ2n) is 3.92. The maximum atomic E-state index is 4.17. The Morgan fingerprint density at radius 2 is 2.23 bits per heavy atom. The number of H-pyrrole nitrogens is 1. The molecule has 0 spiro atoms. The Hall–Kier alpha value is -0.830. The van der Waals surface area contributed by atoms with Gasteiger partial charge in [0.15, 0.2) is 0 Å². The van der Waals surface area contributed by atoms with E-state index in [0.717, 1.165) is 18.3 Å². The van der Waals surface area contributed by atoms with Crippen LogP contribution in [0.5, 0.6) is 0 Å². The van der Waals surface area contributed by atoms with Gasteiger partial charge in [-0.05, 0) is 26.7 Å². The number of nitrogens with zero attached hydrogens (tertiary/aromatic N) is 1. The maximum absolute atomic E-state index is 4.17. The van der Waals surface area contributed by atoms with E-state index >= 15 is 0 Å². The number of hydrogen-bond acceptors (Lipinski definition) is 2. The number of aromatic nitrogens is 2. The van der Waals surface area contributed by atoms with Crippen molar-refractivity contribution in [2.24, 2.45) is 0 Å². The van der Waals surface area contributed by atoms with Gasteiger partial charge in [0.2, 0.25) is 0 Å². The first kappa shape index (κ1) is 8.75. The Morgan fingerprint density at radius 3 is 2.69 bits per heavy atom. The molecule has 0 atom stereocenters. The van der Waals surface area contributed by atoms with E-state index in [1.54, 1.807) is 0 Å². The normalized spacial score (nSPS) is 17.4. The lowest BCUT2D eigenvalue weighted by molar-refractivity contribution is 0.338. The zero-order valence-electron chi connectivity index (χ0n) is 8.35. The van der Waals surface area contributed by atoms with Crippen LogP contribution in [0.25, 0.3) is 0 Å². The molecule has 1 heterocycles. The fraction of sp³-hybridized carbons (Fsp3) is 0.700. The highest BCUT2D eigenvalue weighted by atomic mass is 15.1. The predicted octanol–water partition coefficient (Wildman–Crippen LogP) is 1.67. The summed E-state index contributed by atoms with van der Waals surface area (Å²) < 4.78 is 0. The molecule has 13 heavy (non-hydrogen) atoms. The molecule has 0 bridgehead atoms. The molecule has 3 heteroatoms. The number of hydrogen-bond donors (Lipinski definition) is 2. The van der Waals surface area contributed by atoms with Crippen LogP contribution in [0.15, 0.2) is 0 Å². The minimum atomic E-state index is 0.758. The summed E-state index contributed by atoms with van der Waals surface area (Å²) in [4.78, 5) is 0. The largest absolute Gasteiger partial charge is 0.310 e. The maximum Gasteiger partial charge on any atom is 0.0638 e. The standard InChI is InChI=1S/C10H17N3/c1-7-10(8(2)13-12-7)6-11-9-4-3-5-9/h9,11H,3-6H2,1-2H3,(H,12,13). The minimum absolute atomic E-state index is 0.758. The molecule has 72 valence electrons. The lowest BCUT2D eigenvalue weighted by Crippen LogP contribution is -2.34. The Kier molecular flexibility index (Phi) is 2.36. The predicted molar refractivity (Wildman–Crippen MR) is 52.5 cm³/mol. The number of rotatable bonds is 3. The summed E-state index contributed by atoms with van der Waals surface area (Å²) >= 11 is 0. The van der Waals surface area contributed by atoms with Crippen molar-refractivity contribution >= 4 is 0 Å². The fourth-order valence-corrected chi connectivity index (χ4v) is 1.69. The highest BCUT2D eigenvalue weighted by Crippen LogP contribution is 2.19. The Bertz CT molecular complexity index is 267. The second kappa shape index (κ2) is 3.50. The van der Waals surface area contributed by atoms with Gasteiger partial charge in [-0.25, -0.2) is 0 Å². The zero-order valence-corrected chi connectivity index (χ0v) is 8.35. The Labute approximate surface area is 78.9 Å². The van der Waals surface area contributed by atoms with Gasteiger partial charge in [0.25, 0.3) is 0 Å². The molecule has 0 aromatic carbocycles. The van der Waals surface area contributed by atoms with Crippen LogP contribution in [0.1, 0.15) is 36.2 Å². The molecule has 0 radical (unpaired) electrons. The van der Waals surface area contributed by atoms with Crippen LogP contribution in [-0.4, -0.2) is 16.2 Å². The molecule has 0 saturated heterocycles. The third-order valence-corrected chi connectivity index (χ3v) is 2.95. The van der Waals surface area contributed by atoms with Crippen molar-refractivity contribution in [1.82, 2.24) is 15.5 Å². The molecule has 1 aromatic heterocycles. The molecular weight excluding hydrogens is 162 g/mol. The van der Waals surface area contributed by atoms with Crippen molar-refractivity contribution in [3.05, 3.63) is 17.0 Å². The topological polar surface area (TPSA) is 40.7 Å². The van der Waals surface area contributed by atoms with Crippen LogP contribution in [0.2, 0.25) is 0 Å². The zero-order chi connectivity index (χ0) is 9.26. The third kappa shape index (κ3) is 1.75. The van der Waals surface area contributed by atoms with Gasteiger partial charge in [-0.15, -0.1) is 0 Å². The van der Waals surface area contributed by atoms with E-state index in [0.29, 0.717) is 0 Å². The van der Waals surface area contributed by atoms with Gasteiger partial charge in [-0.1, -0.05) is 6.42 Å². The van der Waals surface area contributed by atoms with E-state index in [9.17, 15) is 0 Å². The molecule has 1 aliphatic rings. The van der Waals surface area contributed by atoms with Gasteiger partial charge in [0, 0.05) is 23.8 Å². The summed E-state index contributed by atoms with van der Waals surface area (Å²) in [6, 6.07) is 0.758. The van der Waals surface area contributed by atoms with Crippen LogP contribution in [0.3, 0.4) is 0 Å². The van der Waals surface area contributed by atoms with E-state index in [1.165, 1.54) is 30.5 Å². The summed E-state index contributed by atoms with van der Waals surface area (Å²) in [6.45, 7) is 5.11. The summed E-state index contributed by atoms with van der Waals surface area (Å²) in [5, 5.41) is 10.7. The summed E-state index contributed by atoms with van der Waals surface area (Å²) in [6.07, 6.45) is 4.08. The van der Waals surface area contributed by atoms with Crippen molar-refractivity contribution in [1.29, 1.82) is 0 Å². The van der Waals surface area contributed by atoms with Crippen LogP contribution in [0, 0.1) is 13.8 Å². The van der Waals surface area contributed by atoms with Crippen molar-refractivity contribution in [2.45, 2.75) is 45.7 Å². The lowest BCUT2D eigenvalue weighted by Gasteiger charge is -2.26. The Morgan fingerprint density at radius 1 is 1.46 bits per heavy atom. The first-order valence-electron chi connectivity index (χ1n) is 5.01. The molecule has 0 unspecified atom stereocenters. The minimum Gasteiger partial charge on any atom is -0.310 e. The van der Waals surface area contributed by atoms with E-state index in [4.69, 9.17) is 0 Å². The molecular formula is C10H17N3. The molecule has 3 nitrogen and oxygen atoms in total. The second-order valence-corrected chi connectivity index (χ2v) is 3.92. The number of nitrogens with one attached hydrogen (secondary N) is 2. The fourth-order valence-electron chi connectivity index (χ4n) is 1.69. The summed E-state index contributed by atoms with van der Waals surface area (Å²) in [7, 11) is 0. The van der Waals surface area contributed by atoms with Crippen LogP contribution < -0.4 is 5.32 Å². The SMILES string of the molecule is Cc1n[nH]c(C)c1CNC1CCC1. The van der Waals surface area contributed by atoms with Crippen molar-refractivity contribution < 1.29 is 0 Å². The highest BCUT2D eigenvalue weighted by Gasteiger charge is 2.17. The first-order valence-corrected chi connectivity index (χ1v) is 5.01. The number of aryl methyl sites for hydroxylation is 2. The molecule has 2 N–H and O–H groups in total.